The second-order valence-electron chi connectivity index (χ2n) is 9.52. The summed E-state index contributed by atoms with van der Waals surface area (Å²) in [6, 6.07) is -0.904. The van der Waals surface area contributed by atoms with E-state index < -0.39 is 34.7 Å². The Balaban J connectivity index is 1.69. The number of carbonyl (C=O) groups excluding carboxylic acids is 2. The molecule has 1 saturated carbocycles. The number of aromatic nitrogens is 4. The zero-order valence-corrected chi connectivity index (χ0v) is 19.3. The largest absolute Gasteiger partial charge is 0.463 e. The lowest BCUT2D eigenvalue weighted by Gasteiger charge is -2.25. The van der Waals surface area contributed by atoms with Gasteiger partial charge in [-0.05, 0) is 38.7 Å². The number of amides is 1. The van der Waals surface area contributed by atoms with Crippen LogP contribution in [0.5, 0.6) is 0 Å². The minimum Gasteiger partial charge on any atom is -0.463 e. The molecule has 0 radical (unpaired) electrons. The van der Waals surface area contributed by atoms with Gasteiger partial charge < -0.3 is 25.6 Å². The molecule has 33 heavy (non-hydrogen) atoms. The Bertz CT molecular complexity index is 1140. The molecule has 12 heteroatoms. The highest BCUT2D eigenvalue weighted by Crippen LogP contribution is 2.52. The summed E-state index contributed by atoms with van der Waals surface area (Å²) in [6.45, 7) is 8.41. The van der Waals surface area contributed by atoms with Gasteiger partial charge in [0, 0.05) is 6.20 Å². The van der Waals surface area contributed by atoms with Crippen molar-refractivity contribution in [1.29, 1.82) is 0 Å². The lowest BCUT2D eigenvalue weighted by molar-refractivity contribution is -0.149. The zero-order valence-electron chi connectivity index (χ0n) is 19.3. The molecule has 12 nitrogen and oxygen atoms in total. The fourth-order valence-electron chi connectivity index (χ4n) is 3.29. The Morgan fingerprint density at radius 2 is 2.12 bits per heavy atom. The third kappa shape index (κ3) is 5.51. The predicted octanol–water partition coefficient (Wildman–Crippen LogP) is 1.02. The van der Waals surface area contributed by atoms with Crippen molar-refractivity contribution in [2.75, 3.05) is 18.9 Å². The summed E-state index contributed by atoms with van der Waals surface area (Å²) in [5.41, 5.74) is 4.91. The molecular formula is C21H30N6O6. The van der Waals surface area contributed by atoms with Crippen LogP contribution < -0.4 is 16.6 Å². The number of nitrogens with one attached hydrogen (secondary N) is 2. The Kier molecular flexibility index (Phi) is 6.50. The van der Waals surface area contributed by atoms with Crippen LogP contribution in [0.4, 0.5) is 10.7 Å². The number of fused-ring (bicyclic) bond motifs is 1. The van der Waals surface area contributed by atoms with Crippen molar-refractivity contribution in [3.63, 3.8) is 0 Å². The van der Waals surface area contributed by atoms with Gasteiger partial charge in [-0.3, -0.25) is 14.3 Å². The third-order valence-electron chi connectivity index (χ3n) is 5.22. The van der Waals surface area contributed by atoms with Gasteiger partial charge in [0.25, 0.3) is 5.56 Å². The molecule has 1 amide bonds. The molecule has 0 spiro atoms. The molecule has 1 aliphatic rings. The van der Waals surface area contributed by atoms with Crippen molar-refractivity contribution in [2.45, 2.75) is 52.7 Å². The number of anilines is 1. The van der Waals surface area contributed by atoms with Gasteiger partial charge in [-0.15, -0.1) is 0 Å². The van der Waals surface area contributed by atoms with E-state index in [-0.39, 0.29) is 36.2 Å². The van der Waals surface area contributed by atoms with E-state index in [0.29, 0.717) is 6.42 Å². The van der Waals surface area contributed by atoms with Crippen molar-refractivity contribution in [3.8, 4) is 0 Å². The van der Waals surface area contributed by atoms with Gasteiger partial charge in [-0.2, -0.15) is 4.98 Å². The molecule has 2 atom stereocenters. The normalized spacial score (nSPS) is 20.2. The zero-order chi connectivity index (χ0) is 24.6. The average molecular weight is 463 g/mol. The number of aliphatic hydroxyl groups is 1. The number of hydrogen-bond donors (Lipinski definition) is 4. The maximum absolute atomic E-state index is 12.7. The van der Waals surface area contributed by atoms with Crippen molar-refractivity contribution in [3.05, 3.63) is 22.3 Å². The molecule has 2 aromatic rings. The first-order chi connectivity index (χ1) is 15.3. The number of nitrogens with zero attached hydrogens (tertiary/aromatic N) is 3. The number of H-pyrrole nitrogens is 1. The number of nitrogens with two attached hydrogens (primary N) is 1. The van der Waals surface area contributed by atoms with Crippen LogP contribution in [0, 0.1) is 11.3 Å². The van der Waals surface area contributed by atoms with Crippen LogP contribution in [0.3, 0.4) is 0 Å². The quantitative estimate of drug-likeness (QED) is 0.438. The second-order valence-corrected chi connectivity index (χ2v) is 9.52. The van der Waals surface area contributed by atoms with Crippen LogP contribution in [0.1, 0.15) is 41.0 Å². The molecule has 0 aromatic carbocycles. The van der Waals surface area contributed by atoms with E-state index in [1.165, 1.54) is 10.9 Å². The monoisotopic (exact) mass is 462 g/mol. The molecule has 3 rings (SSSR count). The predicted molar refractivity (Wildman–Crippen MR) is 120 cm³/mol. The Morgan fingerprint density at radius 1 is 1.42 bits per heavy atom. The number of esters is 1. The number of imidazole rings is 1. The van der Waals surface area contributed by atoms with Gasteiger partial charge >= 0.3 is 12.1 Å². The van der Waals surface area contributed by atoms with Crippen LogP contribution in [-0.4, -0.2) is 61.5 Å². The molecule has 2 aromatic heterocycles. The number of carbonyl (C=O) groups is 2. The summed E-state index contributed by atoms with van der Waals surface area (Å²) in [7, 11) is 0. The standard InChI is InChI=1S/C21H30N6O6/c1-11(2)13(24-19(31)33-20(3,4)5)17(30)32-9-21(8-28)6-12(21)7-27-10-23-14-15(27)25-18(22)26-16(14)29/h7,10-11,13,28H,6,8-9H2,1-5H3,(H,24,31)(H3,22,25,26,29)/b12-7-. The van der Waals surface area contributed by atoms with Crippen LogP contribution in [0.2, 0.25) is 0 Å². The fourth-order valence-corrected chi connectivity index (χ4v) is 3.29. The van der Waals surface area contributed by atoms with Crippen molar-refractivity contribution < 1.29 is 24.2 Å². The smallest absolute Gasteiger partial charge is 0.408 e. The highest BCUT2D eigenvalue weighted by Gasteiger charge is 2.50. The van der Waals surface area contributed by atoms with Crippen LogP contribution in [-0.2, 0) is 14.3 Å². The van der Waals surface area contributed by atoms with Crippen LogP contribution in [0.25, 0.3) is 17.4 Å². The van der Waals surface area contributed by atoms with E-state index in [1.807, 2.05) is 0 Å². The molecule has 0 bridgehead atoms. The lowest BCUT2D eigenvalue weighted by Crippen LogP contribution is -2.47. The molecule has 1 aliphatic carbocycles. The van der Waals surface area contributed by atoms with Gasteiger partial charge in [0.2, 0.25) is 5.95 Å². The summed E-state index contributed by atoms with van der Waals surface area (Å²) in [4.78, 5) is 47.2. The summed E-state index contributed by atoms with van der Waals surface area (Å²) in [5, 5.41) is 12.5. The van der Waals surface area contributed by atoms with Crippen LogP contribution >= 0.6 is 0 Å². The van der Waals surface area contributed by atoms with E-state index >= 15 is 0 Å². The van der Waals surface area contributed by atoms with E-state index in [9.17, 15) is 19.5 Å². The summed E-state index contributed by atoms with van der Waals surface area (Å²) < 4.78 is 12.2. The van der Waals surface area contributed by atoms with Gasteiger partial charge in [0.15, 0.2) is 11.2 Å². The molecule has 180 valence electrons. The minimum absolute atomic E-state index is 0.0389. The number of ether oxygens (including phenoxy) is 2. The average Bonchev–Trinajstić information content (AvgIpc) is 3.24. The SMILES string of the molecule is CC(C)C(NC(=O)OC(C)(C)C)C(=O)OCC1(CO)C/C1=C/n1cnc2c(=O)[nH]c(N)nc21. The number of rotatable bonds is 7. The van der Waals surface area contributed by atoms with E-state index in [2.05, 4.69) is 20.3 Å². The highest BCUT2D eigenvalue weighted by molar-refractivity contribution is 5.82. The van der Waals surface area contributed by atoms with Crippen LogP contribution in [0.15, 0.2) is 16.7 Å². The van der Waals surface area contributed by atoms with Crippen molar-refractivity contribution in [1.82, 2.24) is 24.8 Å². The number of alkyl carbamates (subject to hydrolysis) is 1. The van der Waals surface area contributed by atoms with E-state index in [1.54, 1.807) is 40.8 Å². The van der Waals surface area contributed by atoms with Gasteiger partial charge in [-0.25, -0.2) is 14.6 Å². The van der Waals surface area contributed by atoms with E-state index in [0.717, 1.165) is 5.57 Å². The highest BCUT2D eigenvalue weighted by atomic mass is 16.6. The van der Waals surface area contributed by atoms with Crippen molar-refractivity contribution >= 4 is 35.4 Å². The molecule has 2 heterocycles. The summed E-state index contributed by atoms with van der Waals surface area (Å²) in [5.74, 6) is -0.900. The molecule has 0 saturated heterocycles. The van der Waals surface area contributed by atoms with Gasteiger partial charge in [0.05, 0.1) is 12.0 Å². The number of aliphatic hydroxyl groups excluding tert-OH is 1. The van der Waals surface area contributed by atoms with E-state index in [4.69, 9.17) is 15.2 Å². The first-order valence-corrected chi connectivity index (χ1v) is 10.6. The topological polar surface area (TPSA) is 174 Å². The maximum Gasteiger partial charge on any atom is 0.408 e. The first kappa shape index (κ1) is 24.2. The lowest BCUT2D eigenvalue weighted by atomic mass is 10.0. The molecular weight excluding hydrogens is 432 g/mol. The van der Waals surface area contributed by atoms with Crippen molar-refractivity contribution in [2.24, 2.45) is 11.3 Å². The number of hydrogen-bond acceptors (Lipinski definition) is 9. The number of aromatic amines is 1. The maximum atomic E-state index is 12.7. The number of nitrogen functional groups attached to an aromatic ring is 1. The molecule has 1 fully saturated rings. The molecule has 2 unspecified atom stereocenters. The Morgan fingerprint density at radius 3 is 2.73 bits per heavy atom. The molecule has 5 N–H and O–H groups in total. The van der Waals surface area contributed by atoms with Gasteiger partial charge in [-0.1, -0.05) is 13.8 Å². The second kappa shape index (κ2) is 8.85. The van der Waals surface area contributed by atoms with Gasteiger partial charge in [0.1, 0.15) is 24.6 Å². The first-order valence-electron chi connectivity index (χ1n) is 10.6. The fraction of sp³-hybridized carbons (Fsp3) is 0.571. The minimum atomic E-state index is -0.904. The Labute approximate surface area is 190 Å². The summed E-state index contributed by atoms with van der Waals surface area (Å²) in [6.07, 6.45) is 2.87. The Hall–Kier alpha value is -3.41. The summed E-state index contributed by atoms with van der Waals surface area (Å²) >= 11 is 0. The third-order valence-corrected chi connectivity index (χ3v) is 5.22. The molecule has 0 aliphatic heterocycles.